The number of thioether (sulfide) groups is 1. The number of non-ortho nitro benzene ring substituents is 1. The summed E-state index contributed by atoms with van der Waals surface area (Å²) in [4.78, 5) is 80.2. The number of benzene rings is 2. The molecule has 0 spiro atoms. The van der Waals surface area contributed by atoms with Crippen LogP contribution in [0.3, 0.4) is 0 Å². The first-order valence-corrected chi connectivity index (χ1v) is 12.1. The molecule has 3 aliphatic heterocycles. The van der Waals surface area contributed by atoms with Gasteiger partial charge in [0.25, 0.3) is 28.5 Å². The first-order chi connectivity index (χ1) is 18.0. The topological polar surface area (TPSA) is 179 Å². The van der Waals surface area contributed by atoms with Gasteiger partial charge in [-0.05, 0) is 36.8 Å². The molecule has 4 atom stereocenters. The lowest BCUT2D eigenvalue weighted by Gasteiger charge is -2.46. The summed E-state index contributed by atoms with van der Waals surface area (Å²) in [5.74, 6) is -2.85. The number of nitrogens with zero attached hydrogens (tertiary/aromatic N) is 4. The smallest absolute Gasteiger partial charge is 0.330 e. The van der Waals surface area contributed by atoms with E-state index in [-0.39, 0.29) is 23.4 Å². The SMILES string of the molecule is CC1(CO[N+](=O)[O-])SC2C(N3C(=O)c4ccccc4C3=O)C(=O)N2C1C(=O)OCc1ccc([N+](=O)[O-])cc1. The van der Waals surface area contributed by atoms with E-state index in [1.54, 1.807) is 12.1 Å². The predicted molar refractivity (Wildman–Crippen MR) is 127 cm³/mol. The number of fused-ring (bicyclic) bond motifs is 2. The number of hydrogen-bond donors (Lipinski definition) is 0. The molecule has 3 amide bonds. The van der Waals surface area contributed by atoms with E-state index in [2.05, 4.69) is 4.84 Å². The molecule has 0 N–H and O–H groups in total. The number of β-lactam (4-membered cyclic amide) rings is 1. The van der Waals surface area contributed by atoms with Gasteiger partial charge in [-0.2, -0.15) is 0 Å². The normalized spacial score (nSPS) is 25.5. The molecule has 2 saturated heterocycles. The zero-order valence-electron chi connectivity index (χ0n) is 19.5. The fraction of sp³-hybridized carbons (Fsp3) is 0.304. The standard InChI is InChI=1S/C23H18N4O10S/c1-23(11-37-27(34)35)17(22(31)36-10-12-6-8-13(9-7-12)26(32)33)25-20(30)16(21(25)38-23)24-18(28)14-4-2-3-5-15(14)19(24)29/h2-9,16-17,21H,10-11H2,1H3. The highest BCUT2D eigenvalue weighted by molar-refractivity contribution is 8.01. The van der Waals surface area contributed by atoms with Gasteiger partial charge in [0.05, 0.1) is 20.8 Å². The van der Waals surface area contributed by atoms with Crippen LogP contribution in [0.5, 0.6) is 0 Å². The zero-order chi connectivity index (χ0) is 27.4. The monoisotopic (exact) mass is 542 g/mol. The number of imide groups is 1. The Balaban J connectivity index is 1.38. The van der Waals surface area contributed by atoms with Crippen LogP contribution in [-0.4, -0.2) is 72.3 Å². The second-order valence-corrected chi connectivity index (χ2v) is 10.6. The number of amides is 3. The lowest BCUT2D eigenvalue weighted by atomic mass is 9.94. The largest absolute Gasteiger partial charge is 0.459 e. The summed E-state index contributed by atoms with van der Waals surface area (Å²) in [6, 6.07) is 8.89. The fourth-order valence-corrected chi connectivity index (χ4v) is 6.52. The molecule has 3 heterocycles. The van der Waals surface area contributed by atoms with E-state index in [0.29, 0.717) is 5.56 Å². The highest BCUT2D eigenvalue weighted by Crippen LogP contribution is 2.53. The zero-order valence-corrected chi connectivity index (χ0v) is 20.4. The minimum Gasteiger partial charge on any atom is -0.459 e. The van der Waals surface area contributed by atoms with Gasteiger partial charge in [0.1, 0.15) is 30.7 Å². The Bertz CT molecular complexity index is 1360. The lowest BCUT2D eigenvalue weighted by molar-refractivity contribution is -0.758. The van der Waals surface area contributed by atoms with Gasteiger partial charge in [0.2, 0.25) is 0 Å². The summed E-state index contributed by atoms with van der Waals surface area (Å²) in [5.41, 5.74) is 0.605. The van der Waals surface area contributed by atoms with Gasteiger partial charge in [-0.25, -0.2) is 4.79 Å². The van der Waals surface area contributed by atoms with Crippen molar-refractivity contribution in [2.75, 3.05) is 6.61 Å². The Kier molecular flexibility index (Phi) is 6.01. The van der Waals surface area contributed by atoms with E-state index < -0.39 is 62.5 Å². The Morgan fingerprint density at radius 2 is 1.63 bits per heavy atom. The van der Waals surface area contributed by atoms with E-state index >= 15 is 0 Å². The summed E-state index contributed by atoms with van der Waals surface area (Å²) >= 11 is 1.00. The van der Waals surface area contributed by atoms with Crippen molar-refractivity contribution in [3.05, 3.63) is 85.4 Å². The Morgan fingerprint density at radius 1 is 1.03 bits per heavy atom. The third kappa shape index (κ3) is 3.91. The summed E-state index contributed by atoms with van der Waals surface area (Å²) in [5, 5.41) is 19.9. The Hall–Kier alpha value is -4.53. The molecule has 2 aromatic carbocycles. The molecule has 15 heteroatoms. The maximum absolute atomic E-state index is 13.3. The first-order valence-electron chi connectivity index (χ1n) is 11.2. The summed E-state index contributed by atoms with van der Waals surface area (Å²) in [6.45, 7) is 0.639. The van der Waals surface area contributed by atoms with Gasteiger partial charge >= 0.3 is 5.97 Å². The van der Waals surface area contributed by atoms with Crippen LogP contribution in [0.1, 0.15) is 33.2 Å². The van der Waals surface area contributed by atoms with Gasteiger partial charge in [-0.15, -0.1) is 21.9 Å². The number of nitro benzene ring substituents is 1. The molecule has 0 saturated carbocycles. The summed E-state index contributed by atoms with van der Waals surface area (Å²) < 4.78 is 4.03. The minimum absolute atomic E-state index is 0.148. The molecule has 3 aliphatic rings. The van der Waals surface area contributed by atoms with E-state index in [1.165, 1.54) is 43.3 Å². The Morgan fingerprint density at radius 3 is 2.18 bits per heavy atom. The molecular weight excluding hydrogens is 524 g/mol. The van der Waals surface area contributed by atoms with Gasteiger partial charge in [0.15, 0.2) is 0 Å². The quantitative estimate of drug-likeness (QED) is 0.155. The number of carbonyl (C=O) groups excluding carboxylic acids is 4. The van der Waals surface area contributed by atoms with Crippen molar-refractivity contribution in [3.8, 4) is 0 Å². The molecule has 2 fully saturated rings. The Labute approximate surface area is 217 Å². The van der Waals surface area contributed by atoms with Crippen LogP contribution in [0.15, 0.2) is 48.5 Å². The number of rotatable bonds is 8. The van der Waals surface area contributed by atoms with Crippen LogP contribution in [0, 0.1) is 20.2 Å². The molecule has 196 valence electrons. The van der Waals surface area contributed by atoms with Crippen molar-refractivity contribution in [1.29, 1.82) is 0 Å². The third-order valence-corrected chi connectivity index (χ3v) is 8.22. The third-order valence-electron chi connectivity index (χ3n) is 6.61. The van der Waals surface area contributed by atoms with Crippen LogP contribution >= 0.6 is 11.8 Å². The van der Waals surface area contributed by atoms with Crippen molar-refractivity contribution in [1.82, 2.24) is 9.80 Å². The molecular formula is C23H18N4O10S. The molecule has 0 aliphatic carbocycles. The maximum atomic E-state index is 13.3. The minimum atomic E-state index is -1.35. The van der Waals surface area contributed by atoms with Crippen molar-refractivity contribution < 1.29 is 38.8 Å². The molecule has 0 aromatic heterocycles. The highest BCUT2D eigenvalue weighted by Gasteiger charge is 2.69. The molecule has 4 unspecified atom stereocenters. The number of hydrogen-bond acceptors (Lipinski definition) is 11. The van der Waals surface area contributed by atoms with Crippen molar-refractivity contribution in [2.45, 2.75) is 35.7 Å². The van der Waals surface area contributed by atoms with Crippen LogP contribution in [-0.2, 0) is 25.8 Å². The predicted octanol–water partition coefficient (Wildman–Crippen LogP) is 1.55. The average molecular weight is 542 g/mol. The highest BCUT2D eigenvalue weighted by atomic mass is 32.2. The maximum Gasteiger partial charge on any atom is 0.330 e. The van der Waals surface area contributed by atoms with E-state index in [1.807, 2.05) is 0 Å². The first kappa shape index (κ1) is 25.1. The molecule has 2 aromatic rings. The molecule has 0 radical (unpaired) electrons. The van der Waals surface area contributed by atoms with E-state index in [0.717, 1.165) is 21.6 Å². The van der Waals surface area contributed by atoms with Crippen LogP contribution in [0.4, 0.5) is 5.69 Å². The average Bonchev–Trinajstić information content (AvgIpc) is 3.31. The number of esters is 1. The van der Waals surface area contributed by atoms with Crippen molar-refractivity contribution in [2.24, 2.45) is 0 Å². The molecule has 14 nitrogen and oxygen atoms in total. The van der Waals surface area contributed by atoms with Crippen molar-refractivity contribution in [3.63, 3.8) is 0 Å². The molecule has 5 rings (SSSR count). The fourth-order valence-electron chi connectivity index (χ4n) is 4.80. The van der Waals surface area contributed by atoms with E-state index in [9.17, 15) is 39.4 Å². The second-order valence-electron chi connectivity index (χ2n) is 8.97. The number of carbonyl (C=O) groups is 4. The number of nitro groups is 1. The summed E-state index contributed by atoms with van der Waals surface area (Å²) in [7, 11) is 0. The van der Waals surface area contributed by atoms with E-state index in [4.69, 9.17) is 4.74 Å². The van der Waals surface area contributed by atoms with Gasteiger partial charge in [-0.3, -0.25) is 29.4 Å². The van der Waals surface area contributed by atoms with Crippen LogP contribution < -0.4 is 0 Å². The van der Waals surface area contributed by atoms with Gasteiger partial charge in [-0.1, -0.05) is 12.1 Å². The summed E-state index contributed by atoms with van der Waals surface area (Å²) in [6.07, 6.45) is 0. The number of ether oxygens (including phenoxy) is 1. The molecule has 0 bridgehead atoms. The van der Waals surface area contributed by atoms with Crippen molar-refractivity contribution >= 4 is 41.1 Å². The van der Waals surface area contributed by atoms with Crippen LogP contribution in [0.25, 0.3) is 0 Å². The van der Waals surface area contributed by atoms with Gasteiger partial charge in [0, 0.05) is 12.1 Å². The molecule has 38 heavy (non-hydrogen) atoms. The lowest BCUT2D eigenvalue weighted by Crippen LogP contribution is -2.71. The second kappa shape index (κ2) is 9.09. The van der Waals surface area contributed by atoms with Crippen LogP contribution in [0.2, 0.25) is 0 Å². The van der Waals surface area contributed by atoms with Gasteiger partial charge < -0.3 is 14.5 Å².